The Hall–Kier alpha value is -1.06. The fraction of sp³-hybridized carbons (Fsp3) is 0.833. The minimum atomic E-state index is -1.71. The molecule has 0 spiro atoms. The van der Waals surface area contributed by atoms with Crippen molar-refractivity contribution in [3.05, 3.63) is 0 Å². The number of esters is 1. The van der Waals surface area contributed by atoms with Gasteiger partial charge in [0.1, 0.15) is 6.10 Å². The van der Waals surface area contributed by atoms with Crippen LogP contribution in [0.25, 0.3) is 0 Å². The number of carbonyl (C=O) groups excluding carboxylic acids is 2. The molecule has 4 aliphatic carbocycles. The third-order valence-corrected chi connectivity index (χ3v) is 4.55. The molecule has 16 heavy (non-hydrogen) atoms. The van der Waals surface area contributed by atoms with Crippen LogP contribution in [0, 0.1) is 23.7 Å². The van der Waals surface area contributed by atoms with Crippen molar-refractivity contribution in [2.45, 2.75) is 38.2 Å². The lowest BCUT2D eigenvalue weighted by molar-refractivity contribution is -0.305. The largest absolute Gasteiger partial charge is 0.539 e. The number of carbonyl (C=O) groups is 2. The predicted molar refractivity (Wildman–Crippen MR) is 51.9 cm³/mol. The Morgan fingerprint density at radius 1 is 0.938 bits per heavy atom. The van der Waals surface area contributed by atoms with Gasteiger partial charge in [-0.1, -0.05) is 0 Å². The average molecular weight is 223 g/mol. The molecule has 4 aliphatic rings. The van der Waals surface area contributed by atoms with E-state index in [2.05, 4.69) is 0 Å². The zero-order valence-electron chi connectivity index (χ0n) is 9.06. The number of ether oxygens (including phenoxy) is 1. The molecule has 0 aliphatic heterocycles. The molecule has 0 aromatic heterocycles. The minimum absolute atomic E-state index is 0.154. The first-order valence-electron chi connectivity index (χ1n) is 6.05. The Kier molecular flexibility index (Phi) is 2.19. The molecule has 0 saturated heterocycles. The molecule has 0 radical (unpaired) electrons. The maximum absolute atomic E-state index is 11.1. The first-order valence-corrected chi connectivity index (χ1v) is 6.05. The Labute approximate surface area is 94.0 Å². The van der Waals surface area contributed by atoms with Crippen molar-refractivity contribution in [3.8, 4) is 0 Å². The predicted octanol–water partition coefficient (Wildman–Crippen LogP) is 0.104. The number of carboxylic acid groups (broad SMARTS) is 1. The van der Waals surface area contributed by atoms with Gasteiger partial charge in [0.25, 0.3) is 0 Å². The van der Waals surface area contributed by atoms with Crippen molar-refractivity contribution < 1.29 is 19.4 Å². The molecule has 4 nitrogen and oxygen atoms in total. The number of aliphatic carboxylic acids is 1. The van der Waals surface area contributed by atoms with Crippen molar-refractivity contribution in [3.63, 3.8) is 0 Å². The molecule has 0 atom stereocenters. The van der Waals surface area contributed by atoms with Gasteiger partial charge in [0.15, 0.2) is 5.97 Å². The molecule has 0 heterocycles. The maximum atomic E-state index is 11.1. The molecule has 0 aromatic carbocycles. The summed E-state index contributed by atoms with van der Waals surface area (Å²) >= 11 is 0. The first-order chi connectivity index (χ1) is 7.63. The lowest BCUT2D eigenvalue weighted by Gasteiger charge is -2.53. The summed E-state index contributed by atoms with van der Waals surface area (Å²) in [5, 5.41) is 10.4. The molecular weight excluding hydrogens is 208 g/mol. The molecule has 4 bridgehead atoms. The number of hydrogen-bond donors (Lipinski definition) is 0. The summed E-state index contributed by atoms with van der Waals surface area (Å²) in [6.07, 6.45) is 5.61. The van der Waals surface area contributed by atoms with Gasteiger partial charge in [0, 0.05) is 0 Å². The monoisotopic (exact) mass is 223 g/mol. The van der Waals surface area contributed by atoms with Crippen molar-refractivity contribution in [2.24, 2.45) is 23.7 Å². The van der Waals surface area contributed by atoms with Crippen LogP contribution in [0.3, 0.4) is 0 Å². The van der Waals surface area contributed by atoms with E-state index in [0.717, 1.165) is 37.5 Å². The van der Waals surface area contributed by atoms with Gasteiger partial charge in [-0.2, -0.15) is 0 Å². The lowest BCUT2D eigenvalue weighted by atomic mass is 9.55. The fourth-order valence-corrected chi connectivity index (χ4v) is 4.24. The summed E-state index contributed by atoms with van der Waals surface area (Å²) in [4.78, 5) is 21.4. The van der Waals surface area contributed by atoms with E-state index in [1.54, 1.807) is 0 Å². The Morgan fingerprint density at radius 2 is 1.44 bits per heavy atom. The number of carboxylic acids is 1. The van der Waals surface area contributed by atoms with Crippen LogP contribution in [-0.2, 0) is 14.3 Å². The van der Waals surface area contributed by atoms with Crippen LogP contribution in [0.15, 0.2) is 0 Å². The summed E-state index contributed by atoms with van der Waals surface area (Å²) in [6, 6.07) is 0. The lowest BCUT2D eigenvalue weighted by Crippen LogP contribution is -2.51. The normalized spacial score (nSPS) is 44.4. The second-order valence-corrected chi connectivity index (χ2v) is 5.59. The van der Waals surface area contributed by atoms with Crippen molar-refractivity contribution in [2.75, 3.05) is 0 Å². The molecule has 4 heteroatoms. The summed E-state index contributed by atoms with van der Waals surface area (Å²) in [5.41, 5.74) is 0. The highest BCUT2D eigenvalue weighted by Gasteiger charge is 2.49. The van der Waals surface area contributed by atoms with Gasteiger partial charge in [-0.15, -0.1) is 0 Å². The van der Waals surface area contributed by atoms with E-state index in [9.17, 15) is 14.7 Å². The van der Waals surface area contributed by atoms with Crippen LogP contribution in [0.4, 0.5) is 0 Å². The van der Waals surface area contributed by atoms with Gasteiger partial charge in [-0.3, -0.25) is 0 Å². The third kappa shape index (κ3) is 1.51. The standard InChI is InChI=1S/C12H16O4/c13-11(14)12(15)16-10-8-2-6-1-7(4-8)5-9(10)3-6/h6-10H,1-5H2,(H,13,14)/p-1. The Morgan fingerprint density at radius 3 is 1.88 bits per heavy atom. The van der Waals surface area contributed by atoms with Crippen LogP contribution >= 0.6 is 0 Å². The molecule has 4 fully saturated rings. The molecule has 0 unspecified atom stereocenters. The van der Waals surface area contributed by atoms with Crippen LogP contribution in [0.2, 0.25) is 0 Å². The van der Waals surface area contributed by atoms with Crippen LogP contribution < -0.4 is 5.11 Å². The van der Waals surface area contributed by atoms with Gasteiger partial charge in [-0.25, -0.2) is 4.79 Å². The van der Waals surface area contributed by atoms with E-state index in [1.165, 1.54) is 6.42 Å². The Balaban J connectivity index is 1.72. The minimum Gasteiger partial charge on any atom is -0.539 e. The summed E-state index contributed by atoms with van der Waals surface area (Å²) in [7, 11) is 0. The first kappa shape index (κ1) is 10.1. The molecule has 4 rings (SSSR count). The number of hydrogen-bond acceptors (Lipinski definition) is 4. The van der Waals surface area contributed by atoms with Crippen molar-refractivity contribution >= 4 is 11.9 Å². The Bertz CT molecular complexity index is 308. The fourth-order valence-electron chi connectivity index (χ4n) is 4.24. The second kappa shape index (κ2) is 3.47. The number of rotatable bonds is 1. The van der Waals surface area contributed by atoms with E-state index < -0.39 is 11.9 Å². The highest BCUT2D eigenvalue weighted by atomic mass is 16.6. The molecule has 88 valence electrons. The zero-order chi connectivity index (χ0) is 11.3. The summed E-state index contributed by atoms with van der Waals surface area (Å²) in [6.45, 7) is 0. The maximum Gasteiger partial charge on any atom is 0.354 e. The summed E-state index contributed by atoms with van der Waals surface area (Å²) < 4.78 is 5.09. The van der Waals surface area contributed by atoms with Crippen LogP contribution in [0.5, 0.6) is 0 Å². The van der Waals surface area contributed by atoms with Gasteiger partial charge >= 0.3 is 5.97 Å². The summed E-state index contributed by atoms with van der Waals surface area (Å²) in [5.74, 6) is -0.508. The zero-order valence-corrected chi connectivity index (χ0v) is 9.06. The van der Waals surface area contributed by atoms with E-state index in [0.29, 0.717) is 11.8 Å². The molecular formula is C12H15O4-. The molecule has 4 saturated carbocycles. The van der Waals surface area contributed by atoms with E-state index in [4.69, 9.17) is 4.74 Å². The van der Waals surface area contributed by atoms with E-state index in [1.807, 2.05) is 0 Å². The highest BCUT2D eigenvalue weighted by molar-refractivity contribution is 6.27. The topological polar surface area (TPSA) is 66.4 Å². The molecule has 0 N–H and O–H groups in total. The van der Waals surface area contributed by atoms with Gasteiger partial charge < -0.3 is 14.6 Å². The van der Waals surface area contributed by atoms with Crippen molar-refractivity contribution in [1.29, 1.82) is 0 Å². The van der Waals surface area contributed by atoms with E-state index >= 15 is 0 Å². The molecule has 0 aromatic rings. The SMILES string of the molecule is O=C([O-])C(=O)OC1C2CC3CC(C2)CC1C3. The van der Waals surface area contributed by atoms with Crippen LogP contribution in [0.1, 0.15) is 32.1 Å². The van der Waals surface area contributed by atoms with Gasteiger partial charge in [0.2, 0.25) is 0 Å². The quantitative estimate of drug-likeness (QED) is 0.467. The van der Waals surface area contributed by atoms with Gasteiger partial charge in [-0.05, 0) is 55.8 Å². The smallest absolute Gasteiger partial charge is 0.354 e. The van der Waals surface area contributed by atoms with Gasteiger partial charge in [0.05, 0.1) is 0 Å². The molecule has 0 amide bonds. The van der Waals surface area contributed by atoms with E-state index in [-0.39, 0.29) is 6.10 Å². The average Bonchev–Trinajstić information content (AvgIpc) is 2.21. The third-order valence-electron chi connectivity index (χ3n) is 4.55. The second-order valence-electron chi connectivity index (χ2n) is 5.59. The van der Waals surface area contributed by atoms with Crippen molar-refractivity contribution in [1.82, 2.24) is 0 Å². The highest BCUT2D eigenvalue weighted by Crippen LogP contribution is 2.54. The van der Waals surface area contributed by atoms with Crippen LogP contribution in [-0.4, -0.2) is 18.0 Å².